The minimum atomic E-state index is -0.766. The van der Waals surface area contributed by atoms with Gasteiger partial charge in [0.05, 0.1) is 12.7 Å². The molecule has 0 aromatic rings. The van der Waals surface area contributed by atoms with E-state index in [0.29, 0.717) is 18.5 Å². The molecular formula is C16H30N2O3. The van der Waals surface area contributed by atoms with Gasteiger partial charge < -0.3 is 9.84 Å². The molecule has 1 aliphatic carbocycles. The van der Waals surface area contributed by atoms with Crippen molar-refractivity contribution in [3.05, 3.63) is 0 Å². The lowest BCUT2D eigenvalue weighted by molar-refractivity contribution is -0.149. The van der Waals surface area contributed by atoms with E-state index >= 15 is 0 Å². The first-order valence-electron chi connectivity index (χ1n) is 8.22. The largest absolute Gasteiger partial charge is 0.480 e. The van der Waals surface area contributed by atoms with E-state index < -0.39 is 11.5 Å². The predicted octanol–water partition coefficient (Wildman–Crippen LogP) is 1.86. The number of morpholine rings is 1. The van der Waals surface area contributed by atoms with Crippen molar-refractivity contribution in [3.63, 3.8) is 0 Å². The number of hydrogen-bond acceptors (Lipinski definition) is 4. The van der Waals surface area contributed by atoms with Crippen molar-refractivity contribution >= 4 is 5.97 Å². The molecule has 21 heavy (non-hydrogen) atoms. The first-order valence-corrected chi connectivity index (χ1v) is 8.22. The van der Waals surface area contributed by atoms with Gasteiger partial charge in [0.1, 0.15) is 5.54 Å². The van der Waals surface area contributed by atoms with Crippen LogP contribution in [-0.4, -0.2) is 58.9 Å². The van der Waals surface area contributed by atoms with Crippen molar-refractivity contribution in [2.24, 2.45) is 0 Å². The summed E-state index contributed by atoms with van der Waals surface area (Å²) in [6, 6.07) is 0.887. The molecule has 4 unspecified atom stereocenters. The van der Waals surface area contributed by atoms with Crippen molar-refractivity contribution in [1.82, 2.24) is 10.2 Å². The third-order valence-corrected chi connectivity index (χ3v) is 4.82. The predicted molar refractivity (Wildman–Crippen MR) is 82.5 cm³/mol. The number of carboxylic acid groups (broad SMARTS) is 1. The average molecular weight is 298 g/mol. The second kappa shape index (κ2) is 6.63. The molecule has 1 saturated heterocycles. The van der Waals surface area contributed by atoms with Crippen LogP contribution in [0.5, 0.6) is 0 Å². The highest BCUT2D eigenvalue weighted by molar-refractivity contribution is 5.79. The van der Waals surface area contributed by atoms with Crippen molar-refractivity contribution in [1.29, 1.82) is 0 Å². The average Bonchev–Trinajstić information content (AvgIpc) is 2.41. The summed E-state index contributed by atoms with van der Waals surface area (Å²) in [6.07, 6.45) is 3.71. The Hall–Kier alpha value is -0.650. The van der Waals surface area contributed by atoms with Gasteiger partial charge in [-0.1, -0.05) is 0 Å². The smallest absolute Gasteiger partial charge is 0.323 e. The molecule has 0 amide bonds. The molecule has 5 nitrogen and oxygen atoms in total. The van der Waals surface area contributed by atoms with E-state index in [1.165, 1.54) is 0 Å². The van der Waals surface area contributed by atoms with E-state index in [2.05, 4.69) is 24.1 Å². The number of carboxylic acids is 1. The number of hydrogen-bond donors (Lipinski definition) is 2. The molecule has 1 saturated carbocycles. The number of nitrogens with zero attached hydrogens (tertiary/aromatic N) is 1. The van der Waals surface area contributed by atoms with Crippen molar-refractivity contribution < 1.29 is 14.6 Å². The molecule has 1 heterocycles. The minimum absolute atomic E-state index is 0.181. The minimum Gasteiger partial charge on any atom is -0.480 e. The van der Waals surface area contributed by atoms with Gasteiger partial charge in [0, 0.05) is 24.7 Å². The lowest BCUT2D eigenvalue weighted by Gasteiger charge is -2.48. The lowest BCUT2D eigenvalue weighted by Crippen LogP contribution is -2.62. The van der Waals surface area contributed by atoms with E-state index in [1.54, 1.807) is 0 Å². The van der Waals surface area contributed by atoms with Crippen LogP contribution < -0.4 is 5.32 Å². The van der Waals surface area contributed by atoms with Gasteiger partial charge >= 0.3 is 5.97 Å². The van der Waals surface area contributed by atoms with E-state index in [4.69, 9.17) is 4.74 Å². The number of rotatable bonds is 4. The monoisotopic (exact) mass is 298 g/mol. The first kappa shape index (κ1) is 16.7. The Balaban J connectivity index is 2.12. The van der Waals surface area contributed by atoms with Crippen LogP contribution in [0.4, 0.5) is 0 Å². The van der Waals surface area contributed by atoms with Gasteiger partial charge in [-0.2, -0.15) is 0 Å². The number of ether oxygens (including phenoxy) is 1. The van der Waals surface area contributed by atoms with Crippen LogP contribution in [0.15, 0.2) is 0 Å². The van der Waals surface area contributed by atoms with Crippen LogP contribution in [0.1, 0.15) is 53.4 Å². The molecule has 122 valence electrons. The summed E-state index contributed by atoms with van der Waals surface area (Å²) in [6.45, 7) is 9.97. The van der Waals surface area contributed by atoms with Gasteiger partial charge in [-0.25, -0.2) is 0 Å². The molecule has 2 N–H and O–H groups in total. The topological polar surface area (TPSA) is 61.8 Å². The van der Waals surface area contributed by atoms with Gasteiger partial charge in [-0.05, 0) is 53.4 Å². The maximum absolute atomic E-state index is 11.9. The first-order chi connectivity index (χ1) is 9.84. The molecule has 0 bridgehead atoms. The zero-order chi connectivity index (χ0) is 15.6. The Morgan fingerprint density at radius 2 is 2.14 bits per heavy atom. The Morgan fingerprint density at radius 1 is 1.43 bits per heavy atom. The van der Waals surface area contributed by atoms with Gasteiger partial charge in [-0.15, -0.1) is 0 Å². The summed E-state index contributed by atoms with van der Waals surface area (Å²) >= 11 is 0. The Morgan fingerprint density at radius 3 is 2.76 bits per heavy atom. The zero-order valence-electron chi connectivity index (χ0n) is 13.8. The van der Waals surface area contributed by atoms with E-state index in [-0.39, 0.29) is 12.1 Å². The molecule has 5 heteroatoms. The van der Waals surface area contributed by atoms with Crippen molar-refractivity contribution in [2.75, 3.05) is 13.2 Å². The molecule has 4 atom stereocenters. The van der Waals surface area contributed by atoms with Crippen LogP contribution in [0, 0.1) is 0 Å². The Labute approximate surface area is 128 Å². The van der Waals surface area contributed by atoms with E-state index in [9.17, 15) is 9.90 Å². The van der Waals surface area contributed by atoms with Crippen LogP contribution in [-0.2, 0) is 9.53 Å². The number of nitrogens with one attached hydrogen (secondary N) is 1. The SMILES string of the molecule is CC(C)NC1(C(=O)O)CCCC(N2CC(C)OCC2C)C1. The summed E-state index contributed by atoms with van der Waals surface area (Å²) in [4.78, 5) is 14.3. The standard InChI is InChI=1S/C16H30N2O3/c1-11(2)17-16(15(19)20)7-5-6-14(8-16)18-9-13(4)21-10-12(18)3/h11-14,17H,5-10H2,1-4H3,(H,19,20). The van der Waals surface area contributed by atoms with Crippen molar-refractivity contribution in [2.45, 2.75) is 83.1 Å². The molecular weight excluding hydrogens is 268 g/mol. The maximum Gasteiger partial charge on any atom is 0.323 e. The van der Waals surface area contributed by atoms with E-state index in [1.807, 2.05) is 13.8 Å². The van der Waals surface area contributed by atoms with Crippen molar-refractivity contribution in [3.8, 4) is 0 Å². The number of aliphatic carboxylic acids is 1. The highest BCUT2D eigenvalue weighted by Gasteiger charge is 2.45. The molecule has 0 aromatic carbocycles. The summed E-state index contributed by atoms with van der Waals surface area (Å²) in [5.41, 5.74) is -0.766. The molecule has 2 rings (SSSR count). The number of carbonyl (C=O) groups is 1. The fourth-order valence-electron chi connectivity index (χ4n) is 3.91. The second-order valence-corrected chi connectivity index (χ2v) is 7.13. The Bertz CT molecular complexity index is 375. The fourth-order valence-corrected chi connectivity index (χ4v) is 3.91. The summed E-state index contributed by atoms with van der Waals surface area (Å²) in [7, 11) is 0. The normalized spacial score (nSPS) is 38.6. The lowest BCUT2D eigenvalue weighted by atomic mass is 9.77. The summed E-state index contributed by atoms with van der Waals surface area (Å²) < 4.78 is 5.70. The molecule has 1 aliphatic heterocycles. The third kappa shape index (κ3) is 3.76. The molecule has 0 aromatic heterocycles. The van der Waals surface area contributed by atoms with E-state index in [0.717, 1.165) is 32.4 Å². The fraction of sp³-hybridized carbons (Fsp3) is 0.938. The summed E-state index contributed by atoms with van der Waals surface area (Å²) in [5.74, 6) is -0.699. The molecule has 2 aliphatic rings. The van der Waals surface area contributed by atoms with Gasteiger partial charge in [0.25, 0.3) is 0 Å². The molecule has 2 fully saturated rings. The Kier molecular flexibility index (Phi) is 5.28. The van der Waals surface area contributed by atoms with Gasteiger partial charge in [-0.3, -0.25) is 15.0 Å². The maximum atomic E-state index is 11.9. The van der Waals surface area contributed by atoms with Crippen LogP contribution >= 0.6 is 0 Å². The highest BCUT2D eigenvalue weighted by Crippen LogP contribution is 2.34. The van der Waals surface area contributed by atoms with Crippen LogP contribution in [0.25, 0.3) is 0 Å². The van der Waals surface area contributed by atoms with Crippen LogP contribution in [0.3, 0.4) is 0 Å². The summed E-state index contributed by atoms with van der Waals surface area (Å²) in [5, 5.41) is 13.1. The highest BCUT2D eigenvalue weighted by atomic mass is 16.5. The van der Waals surface area contributed by atoms with Gasteiger partial charge in [0.2, 0.25) is 0 Å². The van der Waals surface area contributed by atoms with Crippen LogP contribution in [0.2, 0.25) is 0 Å². The quantitative estimate of drug-likeness (QED) is 0.829. The molecule has 0 spiro atoms. The second-order valence-electron chi connectivity index (χ2n) is 7.13. The third-order valence-electron chi connectivity index (χ3n) is 4.82. The van der Waals surface area contributed by atoms with Gasteiger partial charge in [0.15, 0.2) is 0 Å². The zero-order valence-corrected chi connectivity index (χ0v) is 13.8. The molecule has 0 radical (unpaired) electrons.